The third-order valence-corrected chi connectivity index (χ3v) is 8.45. The van der Waals surface area contributed by atoms with Crippen molar-refractivity contribution in [3.8, 4) is 0 Å². The van der Waals surface area contributed by atoms with Gasteiger partial charge in [0.05, 0.1) is 16.5 Å². The topological polar surface area (TPSA) is 42.0 Å². The summed E-state index contributed by atoms with van der Waals surface area (Å²) in [6.07, 6.45) is 1.77. The van der Waals surface area contributed by atoms with E-state index < -0.39 is 7.14 Å². The molecule has 0 radical (unpaired) electrons. The summed E-state index contributed by atoms with van der Waals surface area (Å²) in [6, 6.07) is 37.3. The van der Waals surface area contributed by atoms with E-state index in [1.165, 1.54) is 0 Å². The predicted octanol–water partition coefficient (Wildman–Crippen LogP) is 5.62. The van der Waals surface area contributed by atoms with Crippen molar-refractivity contribution in [3.05, 3.63) is 121 Å². The largest absolute Gasteiger partial charge is 0.354 e. The van der Waals surface area contributed by atoms with Crippen LogP contribution in [-0.2, 0) is 4.57 Å². The van der Waals surface area contributed by atoms with Gasteiger partial charge in [-0.1, -0.05) is 97.1 Å². The number of pyridine rings is 1. The van der Waals surface area contributed by atoms with Gasteiger partial charge in [0.1, 0.15) is 0 Å². The molecule has 1 aromatic heterocycles. The van der Waals surface area contributed by atoms with Crippen LogP contribution in [0.1, 0.15) is 0 Å². The second kappa shape index (κ2) is 8.22. The van der Waals surface area contributed by atoms with Gasteiger partial charge in [-0.25, -0.2) is 0 Å². The van der Waals surface area contributed by atoms with Crippen LogP contribution in [0.5, 0.6) is 0 Å². The summed E-state index contributed by atoms with van der Waals surface area (Å²) in [5.41, 5.74) is 2.62. The lowest BCUT2D eigenvalue weighted by atomic mass is 10.2. The summed E-state index contributed by atoms with van der Waals surface area (Å²) in [4.78, 5) is 4.69. The van der Waals surface area contributed by atoms with Crippen LogP contribution < -0.4 is 21.2 Å². The van der Waals surface area contributed by atoms with E-state index >= 15 is 0 Å². The van der Waals surface area contributed by atoms with Crippen LogP contribution >= 0.6 is 7.14 Å². The zero-order chi connectivity index (χ0) is 21.1. The van der Waals surface area contributed by atoms with Crippen LogP contribution in [-0.4, -0.2) is 4.98 Å². The van der Waals surface area contributed by atoms with Crippen LogP contribution in [0.2, 0.25) is 0 Å². The monoisotopic (exact) mass is 420 g/mol. The molecule has 4 heteroatoms. The molecule has 1 heterocycles. The normalized spacial score (nSPS) is 11.4. The number of hydrogen-bond acceptors (Lipinski definition) is 3. The van der Waals surface area contributed by atoms with E-state index in [2.05, 4.69) is 10.3 Å². The van der Waals surface area contributed by atoms with Gasteiger partial charge in [-0.2, -0.15) is 0 Å². The number of nitrogens with one attached hydrogen (secondary N) is 1. The molecular formula is C27H21N2OP. The second-order valence-corrected chi connectivity index (χ2v) is 10.0. The molecule has 3 nitrogen and oxygen atoms in total. The molecule has 0 aliphatic heterocycles. The summed E-state index contributed by atoms with van der Waals surface area (Å²) >= 11 is 0. The molecular weight excluding hydrogens is 399 g/mol. The number of anilines is 2. The van der Waals surface area contributed by atoms with E-state index in [-0.39, 0.29) is 0 Å². The van der Waals surface area contributed by atoms with E-state index in [1.807, 2.05) is 115 Å². The number of para-hydroxylation sites is 2. The van der Waals surface area contributed by atoms with Gasteiger partial charge < -0.3 is 9.88 Å². The zero-order valence-corrected chi connectivity index (χ0v) is 17.7. The standard InChI is InChI=1S/C27H21N2OP/c30-31(22-14-6-2-7-15-22,23-16-8-3-9-17-23)26-20-28-25-19-11-10-18-24(25)27(26)29-21-12-4-1-5-13-21/h1-20H,(H,28,29). The maximum absolute atomic E-state index is 15.0. The number of nitrogens with zero attached hydrogens (tertiary/aromatic N) is 1. The molecule has 0 saturated carbocycles. The Hall–Kier alpha value is -3.68. The van der Waals surface area contributed by atoms with Crippen molar-refractivity contribution in [2.24, 2.45) is 0 Å². The highest BCUT2D eigenvalue weighted by Crippen LogP contribution is 2.46. The van der Waals surface area contributed by atoms with Gasteiger partial charge in [0.15, 0.2) is 7.14 Å². The molecule has 0 saturated heterocycles. The minimum Gasteiger partial charge on any atom is -0.354 e. The Morgan fingerprint density at radius 3 is 1.74 bits per heavy atom. The number of aromatic nitrogens is 1. The molecule has 0 spiro atoms. The minimum atomic E-state index is -3.18. The molecule has 0 fully saturated rings. The van der Waals surface area contributed by atoms with Crippen molar-refractivity contribution in [1.29, 1.82) is 0 Å². The van der Waals surface area contributed by atoms with E-state index in [0.717, 1.165) is 32.9 Å². The highest BCUT2D eigenvalue weighted by atomic mass is 31.2. The van der Waals surface area contributed by atoms with Crippen LogP contribution in [0.25, 0.3) is 10.9 Å². The van der Waals surface area contributed by atoms with Crippen LogP contribution in [0.4, 0.5) is 11.4 Å². The van der Waals surface area contributed by atoms with Crippen molar-refractivity contribution in [2.75, 3.05) is 5.32 Å². The minimum absolute atomic E-state index is 0.701. The number of rotatable bonds is 5. The van der Waals surface area contributed by atoms with Crippen LogP contribution in [0, 0.1) is 0 Å². The third-order valence-electron chi connectivity index (χ3n) is 5.38. The molecule has 150 valence electrons. The number of fused-ring (bicyclic) bond motifs is 1. The average Bonchev–Trinajstić information content (AvgIpc) is 2.85. The molecule has 31 heavy (non-hydrogen) atoms. The Morgan fingerprint density at radius 1 is 0.613 bits per heavy atom. The van der Waals surface area contributed by atoms with Gasteiger partial charge in [0.2, 0.25) is 0 Å². The summed E-state index contributed by atoms with van der Waals surface area (Å²) in [5.74, 6) is 0. The maximum Gasteiger partial charge on any atom is 0.174 e. The maximum atomic E-state index is 15.0. The Labute approximate surface area is 181 Å². The van der Waals surface area contributed by atoms with Gasteiger partial charge in [0, 0.05) is 27.9 Å². The zero-order valence-electron chi connectivity index (χ0n) is 16.8. The van der Waals surface area contributed by atoms with Gasteiger partial charge in [0.25, 0.3) is 0 Å². The fraction of sp³-hybridized carbons (Fsp3) is 0. The van der Waals surface area contributed by atoms with E-state index in [1.54, 1.807) is 6.20 Å². The van der Waals surface area contributed by atoms with Crippen LogP contribution in [0.15, 0.2) is 121 Å². The lowest BCUT2D eigenvalue weighted by Gasteiger charge is -2.24. The molecule has 5 aromatic rings. The van der Waals surface area contributed by atoms with Crippen molar-refractivity contribution < 1.29 is 4.57 Å². The first-order chi connectivity index (χ1) is 15.3. The van der Waals surface area contributed by atoms with Gasteiger partial charge in [-0.3, -0.25) is 4.98 Å². The molecule has 0 amide bonds. The fourth-order valence-electron chi connectivity index (χ4n) is 3.87. The molecule has 0 atom stereocenters. The summed E-state index contributed by atoms with van der Waals surface area (Å²) in [5, 5.41) is 6.76. The average molecular weight is 420 g/mol. The van der Waals surface area contributed by atoms with E-state index in [9.17, 15) is 4.57 Å². The molecule has 0 aliphatic carbocycles. The number of benzene rings is 4. The first kappa shape index (κ1) is 19.3. The van der Waals surface area contributed by atoms with E-state index in [4.69, 9.17) is 0 Å². The molecule has 5 rings (SSSR count). The SMILES string of the molecule is O=P(c1ccccc1)(c1ccccc1)c1cnc2ccccc2c1Nc1ccccc1. The van der Waals surface area contributed by atoms with E-state index in [0.29, 0.717) is 5.30 Å². The molecule has 0 unspecified atom stereocenters. The summed E-state index contributed by atoms with van der Waals surface area (Å²) < 4.78 is 15.0. The quantitative estimate of drug-likeness (QED) is 0.376. The van der Waals surface area contributed by atoms with Crippen molar-refractivity contribution in [1.82, 2.24) is 4.98 Å². The fourth-order valence-corrected chi connectivity index (χ4v) is 6.62. The first-order valence-electron chi connectivity index (χ1n) is 10.2. The smallest absolute Gasteiger partial charge is 0.174 e. The Morgan fingerprint density at radius 2 is 1.13 bits per heavy atom. The highest BCUT2D eigenvalue weighted by molar-refractivity contribution is 7.85. The van der Waals surface area contributed by atoms with Gasteiger partial charge >= 0.3 is 0 Å². The van der Waals surface area contributed by atoms with Crippen molar-refractivity contribution in [3.63, 3.8) is 0 Å². The first-order valence-corrected chi connectivity index (χ1v) is 11.9. The summed E-state index contributed by atoms with van der Waals surface area (Å²) in [7, 11) is -3.18. The Balaban J connectivity index is 1.83. The predicted molar refractivity (Wildman–Crippen MR) is 131 cm³/mol. The number of hydrogen-bond donors (Lipinski definition) is 1. The van der Waals surface area contributed by atoms with Crippen molar-refractivity contribution >= 4 is 45.3 Å². The van der Waals surface area contributed by atoms with Crippen molar-refractivity contribution in [2.45, 2.75) is 0 Å². The highest BCUT2D eigenvalue weighted by Gasteiger charge is 2.33. The second-order valence-electron chi connectivity index (χ2n) is 7.31. The van der Waals surface area contributed by atoms with Gasteiger partial charge in [-0.05, 0) is 18.2 Å². The summed E-state index contributed by atoms with van der Waals surface area (Å²) in [6.45, 7) is 0. The Bertz CT molecular complexity index is 1330. The molecule has 0 bridgehead atoms. The third kappa shape index (κ3) is 3.54. The molecule has 0 aliphatic rings. The molecule has 1 N–H and O–H groups in total. The van der Waals surface area contributed by atoms with Crippen LogP contribution in [0.3, 0.4) is 0 Å². The van der Waals surface area contributed by atoms with Gasteiger partial charge in [-0.15, -0.1) is 0 Å². The molecule has 4 aromatic carbocycles. The Kier molecular flexibility index (Phi) is 5.11. The lowest BCUT2D eigenvalue weighted by Crippen LogP contribution is -2.27. The lowest BCUT2D eigenvalue weighted by molar-refractivity contribution is 0.592.